The minimum atomic E-state index is -0.541. The molecule has 0 aliphatic rings. The molecule has 0 bridgehead atoms. The van der Waals surface area contributed by atoms with E-state index in [1.165, 1.54) is 0 Å². The Hall–Kier alpha value is -1.84. The molecule has 0 unspecified atom stereocenters. The first-order valence-corrected chi connectivity index (χ1v) is 4.18. The zero-order chi connectivity index (χ0) is 10.7. The molecule has 0 saturated carbocycles. The molecule has 0 radical (unpaired) electrons. The molecular formula is C10H12N2O2. The van der Waals surface area contributed by atoms with Crippen LogP contribution in [0, 0.1) is 6.92 Å². The van der Waals surface area contributed by atoms with Gasteiger partial charge >= 0.3 is 0 Å². The van der Waals surface area contributed by atoms with E-state index >= 15 is 0 Å². The zero-order valence-electron chi connectivity index (χ0n) is 7.91. The first kappa shape index (κ1) is 10.2. The molecule has 0 fully saturated rings. The maximum Gasteiger partial charge on any atom is 0.248 e. The van der Waals surface area contributed by atoms with Crippen molar-refractivity contribution in [3.63, 3.8) is 0 Å². The number of benzene rings is 1. The van der Waals surface area contributed by atoms with E-state index in [0.29, 0.717) is 11.1 Å². The predicted molar refractivity (Wildman–Crippen MR) is 52.6 cm³/mol. The van der Waals surface area contributed by atoms with Gasteiger partial charge in [0.15, 0.2) is 0 Å². The molecule has 4 heteroatoms. The molecule has 4 N–H and O–H groups in total. The second-order valence-corrected chi connectivity index (χ2v) is 3.17. The monoisotopic (exact) mass is 192 g/mol. The predicted octanol–water partition coefficient (Wildman–Crippen LogP) is 0.122. The van der Waals surface area contributed by atoms with Crippen LogP contribution in [-0.2, 0) is 11.2 Å². The molecule has 0 atom stereocenters. The Morgan fingerprint density at radius 1 is 1.29 bits per heavy atom. The summed E-state index contributed by atoms with van der Waals surface area (Å²) in [4.78, 5) is 21.7. The third kappa shape index (κ3) is 2.32. The Bertz CT molecular complexity index is 386. The number of primary amides is 2. The summed E-state index contributed by atoms with van der Waals surface area (Å²) in [5, 5.41) is 0. The van der Waals surface area contributed by atoms with Gasteiger partial charge in [0.05, 0.1) is 6.42 Å². The second-order valence-electron chi connectivity index (χ2n) is 3.17. The highest BCUT2D eigenvalue weighted by atomic mass is 16.1. The smallest absolute Gasteiger partial charge is 0.248 e. The van der Waals surface area contributed by atoms with Crippen molar-refractivity contribution in [2.45, 2.75) is 13.3 Å². The van der Waals surface area contributed by atoms with E-state index in [9.17, 15) is 9.59 Å². The Kier molecular flexibility index (Phi) is 2.86. The quantitative estimate of drug-likeness (QED) is 0.712. The van der Waals surface area contributed by atoms with Crippen molar-refractivity contribution in [3.8, 4) is 0 Å². The summed E-state index contributed by atoms with van der Waals surface area (Å²) in [6.45, 7) is 1.87. The lowest BCUT2D eigenvalue weighted by atomic mass is 10.0. The lowest BCUT2D eigenvalue weighted by Crippen LogP contribution is -2.19. The van der Waals surface area contributed by atoms with Crippen LogP contribution in [0.3, 0.4) is 0 Å². The number of hydrogen-bond donors (Lipinski definition) is 2. The third-order valence-corrected chi connectivity index (χ3v) is 1.89. The van der Waals surface area contributed by atoms with Crippen LogP contribution in [0.15, 0.2) is 18.2 Å². The molecule has 74 valence electrons. The van der Waals surface area contributed by atoms with Crippen molar-refractivity contribution < 1.29 is 9.59 Å². The van der Waals surface area contributed by atoms with Gasteiger partial charge in [0.2, 0.25) is 11.8 Å². The first-order valence-electron chi connectivity index (χ1n) is 4.18. The Balaban J connectivity index is 3.15. The van der Waals surface area contributed by atoms with Crippen molar-refractivity contribution in [1.82, 2.24) is 0 Å². The van der Waals surface area contributed by atoms with E-state index in [1.807, 2.05) is 6.92 Å². The molecule has 2 amide bonds. The van der Waals surface area contributed by atoms with Gasteiger partial charge in [-0.05, 0) is 18.6 Å². The Morgan fingerprint density at radius 2 is 1.93 bits per heavy atom. The second kappa shape index (κ2) is 3.91. The van der Waals surface area contributed by atoms with Crippen molar-refractivity contribution >= 4 is 11.8 Å². The van der Waals surface area contributed by atoms with Crippen LogP contribution >= 0.6 is 0 Å². The van der Waals surface area contributed by atoms with E-state index < -0.39 is 11.8 Å². The summed E-state index contributed by atoms with van der Waals surface area (Å²) in [5.41, 5.74) is 12.1. The third-order valence-electron chi connectivity index (χ3n) is 1.89. The maximum absolute atomic E-state index is 11.0. The molecule has 1 aromatic rings. The molecule has 0 aliphatic carbocycles. The van der Waals surface area contributed by atoms with Gasteiger partial charge < -0.3 is 11.5 Å². The van der Waals surface area contributed by atoms with Crippen molar-refractivity contribution in [1.29, 1.82) is 0 Å². The van der Waals surface area contributed by atoms with E-state index in [-0.39, 0.29) is 6.42 Å². The number of aryl methyl sites for hydroxylation is 1. The molecule has 0 spiro atoms. The minimum Gasteiger partial charge on any atom is -0.369 e. The van der Waals surface area contributed by atoms with Gasteiger partial charge in [-0.15, -0.1) is 0 Å². The summed E-state index contributed by atoms with van der Waals surface area (Å²) in [5.74, 6) is -1.01. The fraction of sp³-hybridized carbons (Fsp3) is 0.200. The van der Waals surface area contributed by atoms with Gasteiger partial charge in [-0.1, -0.05) is 17.7 Å². The number of carbonyl (C=O) groups is 2. The average molecular weight is 192 g/mol. The molecule has 0 aromatic heterocycles. The Morgan fingerprint density at radius 3 is 2.43 bits per heavy atom. The van der Waals surface area contributed by atoms with Crippen LogP contribution in [0.2, 0.25) is 0 Å². The molecule has 1 rings (SSSR count). The molecule has 0 saturated heterocycles. The SMILES string of the molecule is Cc1ccc(C(N)=O)c(CC(N)=O)c1. The van der Waals surface area contributed by atoms with Gasteiger partial charge in [-0.25, -0.2) is 0 Å². The van der Waals surface area contributed by atoms with Crippen LogP contribution in [0.4, 0.5) is 0 Å². The normalized spacial score (nSPS) is 9.79. The number of nitrogens with two attached hydrogens (primary N) is 2. The summed E-state index contributed by atoms with van der Waals surface area (Å²) in [6.07, 6.45) is 0.0416. The Labute approximate surface area is 81.9 Å². The first-order chi connectivity index (χ1) is 6.50. The molecule has 14 heavy (non-hydrogen) atoms. The number of carbonyl (C=O) groups excluding carboxylic acids is 2. The summed E-state index contributed by atoms with van der Waals surface area (Å²) >= 11 is 0. The molecule has 0 heterocycles. The van der Waals surface area contributed by atoms with Gasteiger partial charge in [-0.2, -0.15) is 0 Å². The van der Waals surface area contributed by atoms with Crippen molar-refractivity contribution in [2.24, 2.45) is 11.5 Å². The van der Waals surface area contributed by atoms with Crippen LogP contribution in [0.25, 0.3) is 0 Å². The lowest BCUT2D eigenvalue weighted by molar-refractivity contribution is -0.117. The average Bonchev–Trinajstić information content (AvgIpc) is 2.01. The lowest BCUT2D eigenvalue weighted by Gasteiger charge is -2.05. The molecule has 4 nitrogen and oxygen atoms in total. The van der Waals surface area contributed by atoms with Gasteiger partial charge in [0.1, 0.15) is 0 Å². The van der Waals surface area contributed by atoms with Crippen LogP contribution in [-0.4, -0.2) is 11.8 Å². The highest BCUT2D eigenvalue weighted by molar-refractivity contribution is 5.95. The van der Waals surface area contributed by atoms with Crippen LogP contribution in [0.5, 0.6) is 0 Å². The summed E-state index contributed by atoms with van der Waals surface area (Å²) in [6, 6.07) is 5.12. The molecule has 1 aromatic carbocycles. The largest absolute Gasteiger partial charge is 0.369 e. The van der Waals surface area contributed by atoms with E-state index in [0.717, 1.165) is 5.56 Å². The summed E-state index contributed by atoms with van der Waals surface area (Å²) < 4.78 is 0. The standard InChI is InChI=1S/C10H12N2O2/c1-6-2-3-8(10(12)14)7(4-6)5-9(11)13/h2-4H,5H2,1H3,(H2,11,13)(H2,12,14). The number of rotatable bonds is 3. The fourth-order valence-electron chi connectivity index (χ4n) is 1.30. The highest BCUT2D eigenvalue weighted by Gasteiger charge is 2.09. The van der Waals surface area contributed by atoms with Gasteiger partial charge in [0, 0.05) is 5.56 Å². The summed E-state index contributed by atoms with van der Waals surface area (Å²) in [7, 11) is 0. The van der Waals surface area contributed by atoms with E-state index in [4.69, 9.17) is 11.5 Å². The van der Waals surface area contributed by atoms with Gasteiger partial charge in [-0.3, -0.25) is 9.59 Å². The maximum atomic E-state index is 11.0. The zero-order valence-corrected chi connectivity index (χ0v) is 7.91. The van der Waals surface area contributed by atoms with Crippen molar-refractivity contribution in [2.75, 3.05) is 0 Å². The van der Waals surface area contributed by atoms with Crippen molar-refractivity contribution in [3.05, 3.63) is 34.9 Å². The number of amides is 2. The van der Waals surface area contributed by atoms with E-state index in [1.54, 1.807) is 18.2 Å². The fourth-order valence-corrected chi connectivity index (χ4v) is 1.30. The minimum absolute atomic E-state index is 0.0416. The number of hydrogen-bond acceptors (Lipinski definition) is 2. The van der Waals surface area contributed by atoms with Crippen LogP contribution < -0.4 is 11.5 Å². The topological polar surface area (TPSA) is 86.2 Å². The highest BCUT2D eigenvalue weighted by Crippen LogP contribution is 2.11. The van der Waals surface area contributed by atoms with E-state index in [2.05, 4.69) is 0 Å². The van der Waals surface area contributed by atoms with Crippen LogP contribution in [0.1, 0.15) is 21.5 Å². The molecule has 0 aliphatic heterocycles. The van der Waals surface area contributed by atoms with Gasteiger partial charge in [0.25, 0.3) is 0 Å². The molecular weight excluding hydrogens is 180 g/mol.